The van der Waals surface area contributed by atoms with E-state index in [-0.39, 0.29) is 5.57 Å². The Bertz CT molecular complexity index is 889. The Kier molecular flexibility index (Phi) is 7.38. The highest BCUT2D eigenvalue weighted by molar-refractivity contribution is 9.10. The number of hydrogen-bond acceptors (Lipinski definition) is 4. The van der Waals surface area contributed by atoms with Crippen molar-refractivity contribution in [1.29, 1.82) is 5.26 Å². The number of anilines is 1. The predicted octanol–water partition coefficient (Wildman–Crippen LogP) is 4.93. The molecule has 0 saturated carbocycles. The lowest BCUT2D eigenvalue weighted by Crippen LogP contribution is -2.13. The molecule has 7 heteroatoms. The third-order valence-corrected chi connectivity index (χ3v) is 3.99. The van der Waals surface area contributed by atoms with Crippen LogP contribution in [0.1, 0.15) is 19.4 Å². The van der Waals surface area contributed by atoms with Gasteiger partial charge in [0.2, 0.25) is 0 Å². The Hall–Kier alpha value is -2.85. The molecule has 140 valence electrons. The first-order valence-electron chi connectivity index (χ1n) is 8.26. The van der Waals surface area contributed by atoms with Crippen LogP contribution in [0, 0.1) is 17.1 Å². The summed E-state index contributed by atoms with van der Waals surface area (Å²) in [5, 5.41) is 11.9. The van der Waals surface area contributed by atoms with E-state index >= 15 is 0 Å². The molecule has 27 heavy (non-hydrogen) atoms. The average Bonchev–Trinajstić information content (AvgIpc) is 2.64. The highest BCUT2D eigenvalue weighted by Gasteiger charge is 2.14. The molecule has 0 unspecified atom stereocenters. The first kappa shape index (κ1) is 20.5. The number of carbonyl (C=O) groups is 1. The zero-order valence-corrected chi connectivity index (χ0v) is 16.5. The van der Waals surface area contributed by atoms with Crippen LogP contribution in [-0.4, -0.2) is 19.1 Å². The molecular weight excluding hydrogens is 415 g/mol. The van der Waals surface area contributed by atoms with E-state index in [0.29, 0.717) is 40.4 Å². The van der Waals surface area contributed by atoms with Gasteiger partial charge in [-0.3, -0.25) is 4.79 Å². The number of halogens is 2. The number of ether oxygens (including phenoxy) is 2. The normalized spacial score (nSPS) is 10.9. The summed E-state index contributed by atoms with van der Waals surface area (Å²) in [7, 11) is 0. The molecule has 2 rings (SSSR count). The van der Waals surface area contributed by atoms with E-state index in [1.54, 1.807) is 12.1 Å². The largest absolute Gasteiger partial charge is 0.490 e. The Morgan fingerprint density at radius 1 is 1.22 bits per heavy atom. The molecule has 0 aliphatic carbocycles. The zero-order chi connectivity index (χ0) is 19.8. The first-order chi connectivity index (χ1) is 13.0. The van der Waals surface area contributed by atoms with E-state index in [2.05, 4.69) is 21.2 Å². The van der Waals surface area contributed by atoms with Crippen molar-refractivity contribution in [1.82, 2.24) is 0 Å². The molecule has 0 fully saturated rings. The van der Waals surface area contributed by atoms with E-state index in [0.717, 1.165) is 0 Å². The van der Waals surface area contributed by atoms with Gasteiger partial charge in [0.05, 0.1) is 17.7 Å². The van der Waals surface area contributed by atoms with E-state index in [9.17, 15) is 14.4 Å². The number of amides is 1. The number of benzene rings is 2. The smallest absolute Gasteiger partial charge is 0.266 e. The number of nitrogens with zero attached hydrogens (tertiary/aromatic N) is 1. The van der Waals surface area contributed by atoms with Crippen LogP contribution >= 0.6 is 15.9 Å². The van der Waals surface area contributed by atoms with Crippen molar-refractivity contribution in [3.8, 4) is 17.6 Å². The van der Waals surface area contributed by atoms with E-state index in [1.807, 2.05) is 19.9 Å². The molecule has 0 spiro atoms. The molecule has 0 bridgehead atoms. The van der Waals surface area contributed by atoms with Crippen LogP contribution < -0.4 is 14.8 Å². The van der Waals surface area contributed by atoms with Crippen molar-refractivity contribution in [2.24, 2.45) is 0 Å². The predicted molar refractivity (Wildman–Crippen MR) is 105 cm³/mol. The van der Waals surface area contributed by atoms with Gasteiger partial charge in [-0.2, -0.15) is 5.26 Å². The lowest BCUT2D eigenvalue weighted by atomic mass is 10.1. The van der Waals surface area contributed by atoms with Crippen molar-refractivity contribution in [2.45, 2.75) is 13.8 Å². The monoisotopic (exact) mass is 432 g/mol. The molecule has 1 amide bonds. The molecule has 0 aromatic heterocycles. The second-order valence-electron chi connectivity index (χ2n) is 5.33. The van der Waals surface area contributed by atoms with Crippen LogP contribution in [0.5, 0.6) is 11.5 Å². The van der Waals surface area contributed by atoms with E-state index in [1.165, 1.54) is 30.3 Å². The molecule has 5 nitrogen and oxygen atoms in total. The Morgan fingerprint density at radius 3 is 2.48 bits per heavy atom. The number of nitriles is 1. The van der Waals surface area contributed by atoms with Gasteiger partial charge in [-0.05, 0) is 77.8 Å². The van der Waals surface area contributed by atoms with Crippen molar-refractivity contribution in [2.75, 3.05) is 18.5 Å². The highest BCUT2D eigenvalue weighted by atomic mass is 79.9. The Morgan fingerprint density at radius 2 is 1.89 bits per heavy atom. The fourth-order valence-corrected chi connectivity index (χ4v) is 2.84. The summed E-state index contributed by atoms with van der Waals surface area (Å²) in [4.78, 5) is 12.3. The van der Waals surface area contributed by atoms with Crippen molar-refractivity contribution < 1.29 is 18.7 Å². The lowest BCUT2D eigenvalue weighted by molar-refractivity contribution is -0.112. The molecule has 1 N–H and O–H groups in total. The topological polar surface area (TPSA) is 71.3 Å². The lowest BCUT2D eigenvalue weighted by Gasteiger charge is -2.13. The van der Waals surface area contributed by atoms with Gasteiger partial charge < -0.3 is 14.8 Å². The molecule has 0 aliphatic heterocycles. The summed E-state index contributed by atoms with van der Waals surface area (Å²) in [6.07, 6.45) is 1.45. The Balaban J connectivity index is 2.31. The fraction of sp³-hybridized carbons (Fsp3) is 0.200. The van der Waals surface area contributed by atoms with Crippen LogP contribution in [0.25, 0.3) is 6.08 Å². The number of hydrogen-bond donors (Lipinski definition) is 1. The van der Waals surface area contributed by atoms with Crippen LogP contribution in [-0.2, 0) is 4.79 Å². The van der Waals surface area contributed by atoms with Crippen LogP contribution in [0.2, 0.25) is 0 Å². The Labute approximate surface area is 165 Å². The first-order valence-corrected chi connectivity index (χ1v) is 9.05. The molecule has 0 saturated heterocycles. The molecule has 0 heterocycles. The van der Waals surface area contributed by atoms with Crippen molar-refractivity contribution >= 4 is 33.6 Å². The molecule has 2 aromatic carbocycles. The molecule has 2 aromatic rings. The maximum Gasteiger partial charge on any atom is 0.266 e. The molecular formula is C20H18BrFN2O3. The highest BCUT2D eigenvalue weighted by Crippen LogP contribution is 2.37. The van der Waals surface area contributed by atoms with Gasteiger partial charge in [-0.15, -0.1) is 0 Å². The third-order valence-electron chi connectivity index (χ3n) is 3.40. The summed E-state index contributed by atoms with van der Waals surface area (Å²) >= 11 is 3.43. The van der Waals surface area contributed by atoms with Gasteiger partial charge in [0.15, 0.2) is 11.5 Å². The van der Waals surface area contributed by atoms with Gasteiger partial charge in [-0.1, -0.05) is 0 Å². The number of nitrogens with one attached hydrogen (secondary N) is 1. The minimum Gasteiger partial charge on any atom is -0.490 e. The van der Waals surface area contributed by atoms with Crippen LogP contribution in [0.15, 0.2) is 46.4 Å². The maximum atomic E-state index is 13.0. The van der Waals surface area contributed by atoms with Gasteiger partial charge in [-0.25, -0.2) is 4.39 Å². The number of carbonyl (C=O) groups excluding carboxylic acids is 1. The molecule has 0 radical (unpaired) electrons. The minimum absolute atomic E-state index is 0.0992. The van der Waals surface area contributed by atoms with E-state index < -0.39 is 11.7 Å². The van der Waals surface area contributed by atoms with Gasteiger partial charge in [0.25, 0.3) is 5.91 Å². The standard InChI is InChI=1S/C20H18BrFN2O3/c1-3-26-18-11-13(10-17(21)19(18)27-4-2)9-14(12-23)20(25)24-16-7-5-15(22)6-8-16/h5-11H,3-4H2,1-2H3,(H,24,25)/b14-9-. The van der Waals surface area contributed by atoms with Gasteiger partial charge >= 0.3 is 0 Å². The second kappa shape index (κ2) is 9.74. The summed E-state index contributed by atoms with van der Waals surface area (Å²) in [5.41, 5.74) is 0.892. The maximum absolute atomic E-state index is 13.0. The summed E-state index contributed by atoms with van der Waals surface area (Å²) in [6, 6.07) is 10.6. The molecule has 0 atom stereocenters. The summed E-state index contributed by atoms with van der Waals surface area (Å²) < 4.78 is 24.8. The average molecular weight is 433 g/mol. The van der Waals surface area contributed by atoms with Crippen LogP contribution in [0.3, 0.4) is 0 Å². The summed E-state index contributed by atoms with van der Waals surface area (Å²) in [5.74, 6) is 0.0702. The second-order valence-corrected chi connectivity index (χ2v) is 6.18. The van der Waals surface area contributed by atoms with Crippen LogP contribution in [0.4, 0.5) is 10.1 Å². The van der Waals surface area contributed by atoms with E-state index in [4.69, 9.17) is 9.47 Å². The van der Waals surface area contributed by atoms with Crippen molar-refractivity contribution in [3.63, 3.8) is 0 Å². The summed E-state index contributed by atoms with van der Waals surface area (Å²) in [6.45, 7) is 4.62. The van der Waals surface area contributed by atoms with Gasteiger partial charge in [0, 0.05) is 5.69 Å². The molecule has 0 aliphatic rings. The quantitative estimate of drug-likeness (QED) is 0.497. The minimum atomic E-state index is -0.591. The fourth-order valence-electron chi connectivity index (χ4n) is 2.27. The van der Waals surface area contributed by atoms with Crippen molar-refractivity contribution in [3.05, 3.63) is 57.8 Å². The zero-order valence-electron chi connectivity index (χ0n) is 14.9. The third kappa shape index (κ3) is 5.56. The number of rotatable bonds is 7. The SMILES string of the molecule is CCOc1cc(/C=C(/C#N)C(=O)Nc2ccc(F)cc2)cc(Br)c1OCC. The van der Waals surface area contributed by atoms with Gasteiger partial charge in [0.1, 0.15) is 17.5 Å².